The summed E-state index contributed by atoms with van der Waals surface area (Å²) in [6.45, 7) is 2.26. The Balaban J connectivity index is 1.88. The second-order valence-corrected chi connectivity index (χ2v) is 5.42. The predicted molar refractivity (Wildman–Crippen MR) is 79.9 cm³/mol. The molecule has 2 aromatic rings. The Morgan fingerprint density at radius 2 is 2.15 bits per heavy atom. The fourth-order valence-electron chi connectivity index (χ4n) is 2.88. The summed E-state index contributed by atoms with van der Waals surface area (Å²) < 4.78 is 7.23. The van der Waals surface area contributed by atoms with Crippen LogP contribution in [-0.4, -0.2) is 30.0 Å². The van der Waals surface area contributed by atoms with Gasteiger partial charge < -0.3 is 10.1 Å². The molecule has 1 saturated heterocycles. The molecular formula is C16H21N3O. The molecule has 20 heavy (non-hydrogen) atoms. The number of methoxy groups -OCH3 is 1. The zero-order valence-electron chi connectivity index (χ0n) is 12.1. The molecule has 0 aliphatic carbocycles. The van der Waals surface area contributed by atoms with Gasteiger partial charge in [-0.1, -0.05) is 12.1 Å². The molecule has 4 nitrogen and oxygen atoms in total. The SMILES string of the molecule is COc1ccc(-c2cnn(C)c2CC2CCNC2)cc1. The molecule has 1 atom stereocenters. The minimum atomic E-state index is 0.724. The van der Waals surface area contributed by atoms with Crippen LogP contribution in [0.4, 0.5) is 0 Å². The number of nitrogens with zero attached hydrogens (tertiary/aromatic N) is 2. The smallest absolute Gasteiger partial charge is 0.118 e. The quantitative estimate of drug-likeness (QED) is 0.927. The van der Waals surface area contributed by atoms with Crippen molar-refractivity contribution >= 4 is 0 Å². The number of hydrogen-bond donors (Lipinski definition) is 1. The van der Waals surface area contributed by atoms with Gasteiger partial charge >= 0.3 is 0 Å². The topological polar surface area (TPSA) is 39.1 Å². The molecule has 0 spiro atoms. The second-order valence-electron chi connectivity index (χ2n) is 5.42. The van der Waals surface area contributed by atoms with E-state index in [1.807, 2.05) is 30.1 Å². The number of ether oxygens (including phenoxy) is 1. The van der Waals surface area contributed by atoms with Gasteiger partial charge in [-0.15, -0.1) is 0 Å². The summed E-state index contributed by atoms with van der Waals surface area (Å²) in [5.74, 6) is 1.61. The van der Waals surface area contributed by atoms with Crippen LogP contribution >= 0.6 is 0 Å². The van der Waals surface area contributed by atoms with E-state index in [9.17, 15) is 0 Å². The molecule has 4 heteroatoms. The molecule has 1 N–H and O–H groups in total. The highest BCUT2D eigenvalue weighted by Gasteiger charge is 2.19. The summed E-state index contributed by atoms with van der Waals surface area (Å²) in [6.07, 6.45) is 4.32. The van der Waals surface area contributed by atoms with Crippen molar-refractivity contribution in [3.63, 3.8) is 0 Å². The zero-order valence-corrected chi connectivity index (χ0v) is 12.1. The molecule has 1 aliphatic heterocycles. The summed E-state index contributed by atoms with van der Waals surface area (Å²) in [4.78, 5) is 0. The highest BCUT2D eigenvalue weighted by Crippen LogP contribution is 2.28. The summed E-state index contributed by atoms with van der Waals surface area (Å²) in [7, 11) is 3.72. The molecule has 1 fully saturated rings. The maximum absolute atomic E-state index is 5.22. The van der Waals surface area contributed by atoms with E-state index in [1.165, 1.54) is 23.2 Å². The third kappa shape index (κ3) is 2.56. The Morgan fingerprint density at radius 3 is 2.80 bits per heavy atom. The third-order valence-corrected chi connectivity index (χ3v) is 4.11. The van der Waals surface area contributed by atoms with Crippen LogP contribution in [0.15, 0.2) is 30.5 Å². The molecule has 1 aliphatic rings. The number of rotatable bonds is 4. The number of aryl methyl sites for hydroxylation is 1. The van der Waals surface area contributed by atoms with Crippen LogP contribution in [0.5, 0.6) is 5.75 Å². The van der Waals surface area contributed by atoms with E-state index in [2.05, 4.69) is 22.5 Å². The first-order chi connectivity index (χ1) is 9.78. The summed E-state index contributed by atoms with van der Waals surface area (Å²) in [5.41, 5.74) is 3.77. The Kier molecular flexibility index (Phi) is 3.74. The molecule has 3 rings (SSSR count). The first-order valence-electron chi connectivity index (χ1n) is 7.14. The lowest BCUT2D eigenvalue weighted by molar-refractivity contribution is 0.415. The Morgan fingerprint density at radius 1 is 1.35 bits per heavy atom. The van der Waals surface area contributed by atoms with Crippen molar-refractivity contribution in [2.75, 3.05) is 20.2 Å². The number of hydrogen-bond acceptors (Lipinski definition) is 3. The molecule has 1 aromatic heterocycles. The molecule has 0 saturated carbocycles. The van der Waals surface area contributed by atoms with Crippen LogP contribution in [0.3, 0.4) is 0 Å². The molecule has 1 unspecified atom stereocenters. The number of benzene rings is 1. The lowest BCUT2D eigenvalue weighted by Crippen LogP contribution is -2.13. The van der Waals surface area contributed by atoms with Crippen molar-refractivity contribution in [1.82, 2.24) is 15.1 Å². The van der Waals surface area contributed by atoms with Gasteiger partial charge in [0, 0.05) is 18.3 Å². The van der Waals surface area contributed by atoms with Crippen LogP contribution in [0.25, 0.3) is 11.1 Å². The average molecular weight is 271 g/mol. The summed E-state index contributed by atoms with van der Waals surface area (Å²) in [6, 6.07) is 8.21. The van der Waals surface area contributed by atoms with E-state index >= 15 is 0 Å². The lowest BCUT2D eigenvalue weighted by atomic mass is 9.97. The zero-order chi connectivity index (χ0) is 13.9. The Hall–Kier alpha value is -1.81. The standard InChI is InChI=1S/C16H21N3O/c1-19-16(9-12-7-8-17-10-12)15(11-18-19)13-3-5-14(20-2)6-4-13/h3-6,11-12,17H,7-10H2,1-2H3. The van der Waals surface area contributed by atoms with Gasteiger partial charge in [0.1, 0.15) is 5.75 Å². The van der Waals surface area contributed by atoms with E-state index in [4.69, 9.17) is 4.74 Å². The number of nitrogens with one attached hydrogen (secondary N) is 1. The van der Waals surface area contributed by atoms with Crippen LogP contribution in [0.2, 0.25) is 0 Å². The van der Waals surface area contributed by atoms with Gasteiger partial charge in [-0.3, -0.25) is 4.68 Å². The van der Waals surface area contributed by atoms with E-state index < -0.39 is 0 Å². The van der Waals surface area contributed by atoms with Crippen LogP contribution in [0.1, 0.15) is 12.1 Å². The maximum atomic E-state index is 5.22. The predicted octanol–water partition coefficient (Wildman–Crippen LogP) is 2.25. The molecule has 1 aromatic carbocycles. The van der Waals surface area contributed by atoms with E-state index in [0.29, 0.717) is 0 Å². The Labute approximate surface area is 119 Å². The van der Waals surface area contributed by atoms with Crippen LogP contribution in [-0.2, 0) is 13.5 Å². The molecule has 0 bridgehead atoms. The molecule has 0 radical (unpaired) electrons. The second kappa shape index (κ2) is 5.67. The van der Waals surface area contributed by atoms with E-state index in [1.54, 1.807) is 7.11 Å². The minimum Gasteiger partial charge on any atom is -0.497 e. The number of aromatic nitrogens is 2. The molecule has 0 amide bonds. The van der Waals surface area contributed by atoms with Gasteiger partial charge in [0.15, 0.2) is 0 Å². The van der Waals surface area contributed by atoms with Gasteiger partial charge in [-0.25, -0.2) is 0 Å². The average Bonchev–Trinajstić information content (AvgIpc) is 3.11. The van der Waals surface area contributed by atoms with Crippen molar-refractivity contribution in [3.8, 4) is 16.9 Å². The molecule has 2 heterocycles. The van der Waals surface area contributed by atoms with Crippen molar-refractivity contribution in [2.24, 2.45) is 13.0 Å². The van der Waals surface area contributed by atoms with Crippen molar-refractivity contribution < 1.29 is 4.74 Å². The van der Waals surface area contributed by atoms with E-state index in [-0.39, 0.29) is 0 Å². The van der Waals surface area contributed by atoms with Gasteiger partial charge in [-0.2, -0.15) is 5.10 Å². The van der Waals surface area contributed by atoms with Crippen molar-refractivity contribution in [2.45, 2.75) is 12.8 Å². The highest BCUT2D eigenvalue weighted by atomic mass is 16.5. The highest BCUT2D eigenvalue weighted by molar-refractivity contribution is 5.66. The normalized spacial score (nSPS) is 18.4. The first-order valence-corrected chi connectivity index (χ1v) is 7.14. The van der Waals surface area contributed by atoms with Gasteiger partial charge in [0.2, 0.25) is 0 Å². The van der Waals surface area contributed by atoms with Gasteiger partial charge in [-0.05, 0) is 49.5 Å². The Bertz CT molecular complexity index is 568. The minimum absolute atomic E-state index is 0.724. The van der Waals surface area contributed by atoms with Crippen LogP contribution < -0.4 is 10.1 Å². The molecular weight excluding hydrogens is 250 g/mol. The first kappa shape index (κ1) is 13.2. The fraction of sp³-hybridized carbons (Fsp3) is 0.438. The monoisotopic (exact) mass is 271 g/mol. The van der Waals surface area contributed by atoms with Crippen LogP contribution in [0, 0.1) is 5.92 Å². The van der Waals surface area contributed by atoms with Gasteiger partial charge in [0.05, 0.1) is 13.3 Å². The summed E-state index contributed by atoms with van der Waals surface area (Å²) in [5, 5.41) is 7.87. The largest absolute Gasteiger partial charge is 0.497 e. The van der Waals surface area contributed by atoms with Crippen molar-refractivity contribution in [3.05, 3.63) is 36.2 Å². The third-order valence-electron chi connectivity index (χ3n) is 4.11. The lowest BCUT2D eigenvalue weighted by Gasteiger charge is -2.11. The fourth-order valence-corrected chi connectivity index (χ4v) is 2.88. The maximum Gasteiger partial charge on any atom is 0.118 e. The van der Waals surface area contributed by atoms with E-state index in [0.717, 1.165) is 31.2 Å². The summed E-state index contributed by atoms with van der Waals surface area (Å²) >= 11 is 0. The van der Waals surface area contributed by atoms with Crippen molar-refractivity contribution in [1.29, 1.82) is 0 Å². The van der Waals surface area contributed by atoms with Gasteiger partial charge in [0.25, 0.3) is 0 Å². The molecule has 106 valence electrons.